The van der Waals surface area contributed by atoms with E-state index in [2.05, 4.69) is 5.10 Å². The lowest BCUT2D eigenvalue weighted by atomic mass is 9.83. The van der Waals surface area contributed by atoms with E-state index in [1.807, 2.05) is 25.5 Å². The van der Waals surface area contributed by atoms with Crippen LogP contribution in [0.5, 0.6) is 0 Å². The van der Waals surface area contributed by atoms with E-state index in [-0.39, 0.29) is 11.7 Å². The van der Waals surface area contributed by atoms with Crippen LogP contribution in [0.2, 0.25) is 0 Å². The Kier molecular flexibility index (Phi) is 4.10. The average molecular weight is 292 g/mol. The van der Waals surface area contributed by atoms with E-state index < -0.39 is 6.10 Å². The molecule has 0 aromatic carbocycles. The van der Waals surface area contributed by atoms with Gasteiger partial charge in [-0.2, -0.15) is 5.10 Å². The molecule has 0 bridgehead atoms. The first kappa shape index (κ1) is 15.0. The summed E-state index contributed by atoms with van der Waals surface area (Å²) in [6.45, 7) is 6.66. The van der Waals surface area contributed by atoms with Crippen LogP contribution in [0.1, 0.15) is 74.9 Å². The van der Waals surface area contributed by atoms with Gasteiger partial charge in [-0.05, 0) is 46.5 Å². The molecule has 1 aliphatic carbocycles. The lowest BCUT2D eigenvalue weighted by Gasteiger charge is -2.33. The Labute approximate surface area is 127 Å². The number of ether oxygens (including phenoxy) is 1. The molecule has 118 valence electrons. The fourth-order valence-electron chi connectivity index (χ4n) is 4.27. The molecule has 2 heterocycles. The van der Waals surface area contributed by atoms with Gasteiger partial charge in [-0.25, -0.2) is 0 Å². The summed E-state index contributed by atoms with van der Waals surface area (Å²) < 4.78 is 8.47. The first-order chi connectivity index (χ1) is 10.0. The summed E-state index contributed by atoms with van der Waals surface area (Å²) in [5.41, 5.74) is 3.16. The third-order valence-electron chi connectivity index (χ3n) is 5.34. The van der Waals surface area contributed by atoms with Gasteiger partial charge >= 0.3 is 0 Å². The van der Waals surface area contributed by atoms with Crippen molar-refractivity contribution < 1.29 is 9.84 Å². The highest BCUT2D eigenvalue weighted by Gasteiger charge is 2.41. The van der Waals surface area contributed by atoms with E-state index in [1.165, 1.54) is 38.5 Å². The SMILES string of the molecule is Cc1nn(CC2CCC3(CCCCC3)O2)c(C)c1C(C)O. The fraction of sp³-hybridized carbons (Fsp3) is 0.824. The molecule has 2 aliphatic rings. The van der Waals surface area contributed by atoms with Crippen molar-refractivity contribution in [1.82, 2.24) is 9.78 Å². The number of aromatic nitrogens is 2. The van der Waals surface area contributed by atoms with Gasteiger partial charge in [0.15, 0.2) is 0 Å². The van der Waals surface area contributed by atoms with Crippen molar-refractivity contribution in [2.75, 3.05) is 0 Å². The maximum atomic E-state index is 9.87. The van der Waals surface area contributed by atoms with E-state index in [9.17, 15) is 5.11 Å². The maximum absolute atomic E-state index is 9.87. The van der Waals surface area contributed by atoms with Crippen LogP contribution in [-0.2, 0) is 11.3 Å². The summed E-state index contributed by atoms with van der Waals surface area (Å²) >= 11 is 0. The Morgan fingerprint density at radius 3 is 2.62 bits per heavy atom. The van der Waals surface area contributed by atoms with Gasteiger partial charge in [0.05, 0.1) is 30.0 Å². The number of hydrogen-bond acceptors (Lipinski definition) is 3. The van der Waals surface area contributed by atoms with Gasteiger partial charge in [0.2, 0.25) is 0 Å². The van der Waals surface area contributed by atoms with Crippen LogP contribution in [0.15, 0.2) is 0 Å². The number of aliphatic hydroxyl groups is 1. The molecule has 1 aromatic rings. The zero-order valence-corrected chi connectivity index (χ0v) is 13.6. The predicted octanol–water partition coefficient (Wildman–Crippen LogP) is 3.44. The van der Waals surface area contributed by atoms with Crippen molar-refractivity contribution in [3.63, 3.8) is 0 Å². The lowest BCUT2D eigenvalue weighted by molar-refractivity contribution is -0.0690. The standard InChI is InChI=1S/C17H28N2O2/c1-12-16(14(3)20)13(2)19(18-12)11-15-7-10-17(21-15)8-5-4-6-9-17/h14-15,20H,4-11H2,1-3H3. The smallest absolute Gasteiger partial charge is 0.0797 e. The molecule has 1 spiro atoms. The summed E-state index contributed by atoms with van der Waals surface area (Å²) in [4.78, 5) is 0. The number of aliphatic hydroxyl groups excluding tert-OH is 1. The van der Waals surface area contributed by atoms with E-state index in [1.54, 1.807) is 0 Å². The molecule has 2 fully saturated rings. The third-order valence-corrected chi connectivity index (χ3v) is 5.34. The molecule has 4 heteroatoms. The van der Waals surface area contributed by atoms with Crippen molar-refractivity contribution in [2.24, 2.45) is 0 Å². The van der Waals surface area contributed by atoms with Crippen LogP contribution in [0.25, 0.3) is 0 Å². The maximum Gasteiger partial charge on any atom is 0.0797 e. The number of rotatable bonds is 3. The Hall–Kier alpha value is -0.870. The van der Waals surface area contributed by atoms with E-state index in [0.29, 0.717) is 0 Å². The van der Waals surface area contributed by atoms with Gasteiger partial charge in [0.25, 0.3) is 0 Å². The number of nitrogens with zero attached hydrogens (tertiary/aromatic N) is 2. The highest BCUT2D eigenvalue weighted by atomic mass is 16.5. The topological polar surface area (TPSA) is 47.3 Å². The summed E-state index contributed by atoms with van der Waals surface area (Å²) in [5.74, 6) is 0. The quantitative estimate of drug-likeness (QED) is 0.928. The highest BCUT2D eigenvalue weighted by Crippen LogP contribution is 2.42. The Balaban J connectivity index is 1.69. The molecule has 1 N–H and O–H groups in total. The minimum atomic E-state index is -0.451. The molecule has 4 nitrogen and oxygen atoms in total. The first-order valence-electron chi connectivity index (χ1n) is 8.40. The van der Waals surface area contributed by atoms with E-state index >= 15 is 0 Å². The minimum Gasteiger partial charge on any atom is -0.389 e. The van der Waals surface area contributed by atoms with Crippen molar-refractivity contribution in [3.05, 3.63) is 17.0 Å². The number of hydrogen-bond donors (Lipinski definition) is 1. The number of aryl methyl sites for hydroxylation is 1. The molecular formula is C17H28N2O2. The van der Waals surface area contributed by atoms with Gasteiger partial charge < -0.3 is 9.84 Å². The van der Waals surface area contributed by atoms with Crippen LogP contribution in [-0.4, -0.2) is 26.6 Å². The molecule has 0 amide bonds. The molecule has 2 unspecified atom stereocenters. The van der Waals surface area contributed by atoms with Crippen LogP contribution in [0.4, 0.5) is 0 Å². The normalized spacial score (nSPS) is 26.4. The molecule has 1 aromatic heterocycles. The summed E-state index contributed by atoms with van der Waals surface area (Å²) in [7, 11) is 0. The summed E-state index contributed by atoms with van der Waals surface area (Å²) in [5, 5.41) is 14.5. The second kappa shape index (κ2) is 5.73. The summed E-state index contributed by atoms with van der Waals surface area (Å²) in [6, 6.07) is 0. The van der Waals surface area contributed by atoms with Gasteiger partial charge in [-0.15, -0.1) is 0 Å². The largest absolute Gasteiger partial charge is 0.389 e. The monoisotopic (exact) mass is 292 g/mol. The molecule has 21 heavy (non-hydrogen) atoms. The predicted molar refractivity (Wildman–Crippen MR) is 82.3 cm³/mol. The molecule has 0 radical (unpaired) electrons. The Bertz CT molecular complexity index is 501. The minimum absolute atomic E-state index is 0.173. The fourth-order valence-corrected chi connectivity index (χ4v) is 4.27. The highest BCUT2D eigenvalue weighted by molar-refractivity contribution is 5.26. The summed E-state index contributed by atoms with van der Waals surface area (Å²) in [6.07, 6.45) is 8.65. The van der Waals surface area contributed by atoms with Gasteiger partial charge in [-0.1, -0.05) is 19.3 Å². The zero-order valence-electron chi connectivity index (χ0n) is 13.6. The third kappa shape index (κ3) is 2.88. The molecule has 1 saturated heterocycles. The molecule has 2 atom stereocenters. The molecular weight excluding hydrogens is 264 g/mol. The molecule has 1 saturated carbocycles. The van der Waals surface area contributed by atoms with E-state index in [4.69, 9.17) is 4.74 Å². The van der Waals surface area contributed by atoms with Gasteiger partial charge in [0.1, 0.15) is 0 Å². The van der Waals surface area contributed by atoms with Crippen LogP contribution in [0, 0.1) is 13.8 Å². The second-order valence-electron chi connectivity index (χ2n) is 6.96. The second-order valence-corrected chi connectivity index (χ2v) is 6.96. The van der Waals surface area contributed by atoms with Gasteiger partial charge in [-0.3, -0.25) is 4.68 Å². The molecule has 1 aliphatic heterocycles. The van der Waals surface area contributed by atoms with Crippen molar-refractivity contribution in [1.29, 1.82) is 0 Å². The van der Waals surface area contributed by atoms with Crippen LogP contribution in [0.3, 0.4) is 0 Å². The van der Waals surface area contributed by atoms with Crippen LogP contribution < -0.4 is 0 Å². The lowest BCUT2D eigenvalue weighted by Crippen LogP contribution is -2.32. The zero-order chi connectivity index (χ0) is 15.0. The van der Waals surface area contributed by atoms with Crippen molar-refractivity contribution >= 4 is 0 Å². The average Bonchev–Trinajstić information content (AvgIpc) is 2.93. The van der Waals surface area contributed by atoms with Crippen molar-refractivity contribution in [3.8, 4) is 0 Å². The Morgan fingerprint density at radius 2 is 2.00 bits per heavy atom. The van der Waals surface area contributed by atoms with Crippen LogP contribution >= 0.6 is 0 Å². The van der Waals surface area contributed by atoms with Gasteiger partial charge in [0, 0.05) is 11.3 Å². The van der Waals surface area contributed by atoms with Crippen molar-refractivity contribution in [2.45, 2.75) is 90.1 Å². The first-order valence-corrected chi connectivity index (χ1v) is 8.40. The van der Waals surface area contributed by atoms with E-state index in [0.717, 1.165) is 29.9 Å². The Morgan fingerprint density at radius 1 is 1.29 bits per heavy atom. The molecule has 3 rings (SSSR count).